The fourth-order valence-electron chi connectivity index (χ4n) is 4.58. The first-order valence-corrected chi connectivity index (χ1v) is 12.5. The molecule has 3 aromatic carbocycles. The monoisotopic (exact) mass is 505 g/mol. The number of aryl methyl sites for hydroxylation is 1. The van der Waals surface area contributed by atoms with Crippen molar-refractivity contribution in [3.8, 4) is 0 Å². The van der Waals surface area contributed by atoms with Gasteiger partial charge in [-0.1, -0.05) is 29.8 Å². The van der Waals surface area contributed by atoms with Crippen LogP contribution in [0.1, 0.15) is 23.1 Å². The highest BCUT2D eigenvalue weighted by Crippen LogP contribution is 2.30. The molecule has 1 fully saturated rings. The zero-order valence-corrected chi connectivity index (χ0v) is 20.5. The first-order valence-electron chi connectivity index (χ1n) is 10.7. The fourth-order valence-corrected chi connectivity index (χ4v) is 6.02. The van der Waals surface area contributed by atoms with Crippen molar-refractivity contribution in [2.45, 2.75) is 37.2 Å². The maximum atomic E-state index is 13.2. The number of carbonyl (C=O) groups is 1. The molecule has 0 spiro atoms. The van der Waals surface area contributed by atoms with E-state index in [1.165, 1.54) is 11.1 Å². The molecule has 1 amide bonds. The maximum Gasteiger partial charge on any atom is 0.245 e. The number of amides is 1. The zero-order chi connectivity index (χ0) is 22.5. The molecule has 2 N–H and O–H groups in total. The standard InChI is InChI=1S/C24H24ClN3O3S.ClH/c1-15-10-19-14-26-8-6-18(19)13-23(15)28-9-7-22(24(28)29)27-32(30,31)21-5-3-16-11-20(25)4-2-17(16)12-21;/h2-5,10-13,22,26-27H,6-9,14H2,1H3;1H/t22-;/m0./s1. The van der Waals surface area contributed by atoms with Gasteiger partial charge in [-0.05, 0) is 84.1 Å². The van der Waals surface area contributed by atoms with Crippen molar-refractivity contribution in [2.24, 2.45) is 0 Å². The molecule has 2 aliphatic heterocycles. The van der Waals surface area contributed by atoms with E-state index < -0.39 is 16.1 Å². The molecule has 5 rings (SSSR count). The average Bonchev–Trinajstić information content (AvgIpc) is 3.12. The Kier molecular flexibility index (Phi) is 6.71. The van der Waals surface area contributed by atoms with E-state index in [1.54, 1.807) is 41.3 Å². The molecule has 2 heterocycles. The molecule has 2 aliphatic rings. The Labute approximate surface area is 204 Å². The second kappa shape index (κ2) is 9.24. The first kappa shape index (κ1) is 24.0. The molecule has 0 bridgehead atoms. The Balaban J connectivity index is 0.00000259. The smallest absolute Gasteiger partial charge is 0.245 e. The van der Waals surface area contributed by atoms with Crippen LogP contribution in [-0.2, 0) is 27.8 Å². The van der Waals surface area contributed by atoms with Crippen LogP contribution < -0.4 is 14.9 Å². The number of hydrogen-bond donors (Lipinski definition) is 2. The topological polar surface area (TPSA) is 78.5 Å². The zero-order valence-electron chi connectivity index (χ0n) is 18.1. The molecule has 0 unspecified atom stereocenters. The van der Waals surface area contributed by atoms with E-state index >= 15 is 0 Å². The lowest BCUT2D eigenvalue weighted by atomic mass is 9.97. The van der Waals surface area contributed by atoms with Crippen LogP contribution in [0.4, 0.5) is 5.69 Å². The van der Waals surface area contributed by atoms with Gasteiger partial charge in [0.15, 0.2) is 0 Å². The van der Waals surface area contributed by atoms with Crippen LogP contribution >= 0.6 is 24.0 Å². The summed E-state index contributed by atoms with van der Waals surface area (Å²) in [7, 11) is -3.85. The quantitative estimate of drug-likeness (QED) is 0.562. The number of nitrogens with one attached hydrogen (secondary N) is 2. The lowest BCUT2D eigenvalue weighted by molar-refractivity contribution is -0.118. The van der Waals surface area contributed by atoms with Crippen LogP contribution in [0.3, 0.4) is 0 Å². The van der Waals surface area contributed by atoms with Crippen molar-refractivity contribution in [3.63, 3.8) is 0 Å². The lowest BCUT2D eigenvalue weighted by Crippen LogP contribution is -2.41. The van der Waals surface area contributed by atoms with E-state index in [9.17, 15) is 13.2 Å². The summed E-state index contributed by atoms with van der Waals surface area (Å²) < 4.78 is 28.7. The van der Waals surface area contributed by atoms with E-state index in [1.807, 2.05) is 6.92 Å². The van der Waals surface area contributed by atoms with Crippen molar-refractivity contribution in [2.75, 3.05) is 18.0 Å². The SMILES string of the molecule is Cc1cc2c(cc1N1CC[C@H](NS(=O)(=O)c3ccc4cc(Cl)ccc4c3)C1=O)CCNC2.Cl. The van der Waals surface area contributed by atoms with Gasteiger partial charge in [0.1, 0.15) is 6.04 Å². The minimum Gasteiger partial charge on any atom is -0.312 e. The average molecular weight is 506 g/mol. The molecule has 9 heteroatoms. The summed E-state index contributed by atoms with van der Waals surface area (Å²) in [5.41, 5.74) is 4.41. The van der Waals surface area contributed by atoms with Crippen molar-refractivity contribution >= 4 is 56.4 Å². The van der Waals surface area contributed by atoms with E-state index in [4.69, 9.17) is 11.6 Å². The van der Waals surface area contributed by atoms with E-state index in [-0.39, 0.29) is 23.2 Å². The Hall–Kier alpha value is -2.16. The summed E-state index contributed by atoms with van der Waals surface area (Å²) in [5, 5.41) is 5.59. The minimum atomic E-state index is -3.85. The maximum absolute atomic E-state index is 13.2. The highest BCUT2D eigenvalue weighted by molar-refractivity contribution is 7.89. The van der Waals surface area contributed by atoms with E-state index in [2.05, 4.69) is 22.2 Å². The first-order chi connectivity index (χ1) is 15.3. The second-order valence-electron chi connectivity index (χ2n) is 8.44. The number of hydrogen-bond acceptors (Lipinski definition) is 4. The van der Waals surface area contributed by atoms with E-state index in [0.29, 0.717) is 18.0 Å². The lowest BCUT2D eigenvalue weighted by Gasteiger charge is -2.24. The molecular weight excluding hydrogens is 481 g/mol. The molecule has 0 saturated carbocycles. The number of benzene rings is 3. The van der Waals surface area contributed by atoms with Gasteiger partial charge < -0.3 is 10.2 Å². The number of anilines is 1. The highest BCUT2D eigenvalue weighted by atomic mass is 35.5. The summed E-state index contributed by atoms with van der Waals surface area (Å²) in [5.74, 6) is -0.210. The number of fused-ring (bicyclic) bond motifs is 2. The minimum absolute atomic E-state index is 0. The normalized spacial score (nSPS) is 18.3. The third kappa shape index (κ3) is 4.61. The molecule has 6 nitrogen and oxygen atoms in total. The summed E-state index contributed by atoms with van der Waals surface area (Å²) in [6.45, 7) is 4.24. The number of sulfonamides is 1. The molecule has 0 aromatic heterocycles. The molecular formula is C24H25Cl2N3O3S. The van der Waals surface area contributed by atoms with Gasteiger partial charge in [-0.3, -0.25) is 4.79 Å². The van der Waals surface area contributed by atoms with Crippen LogP contribution in [-0.4, -0.2) is 33.5 Å². The van der Waals surface area contributed by atoms with Gasteiger partial charge in [0.05, 0.1) is 4.90 Å². The Bertz CT molecular complexity index is 1340. The predicted octanol–water partition coefficient (Wildman–Crippen LogP) is 3.95. The molecule has 0 aliphatic carbocycles. The second-order valence-corrected chi connectivity index (χ2v) is 10.6. The summed E-state index contributed by atoms with van der Waals surface area (Å²) >= 11 is 6.02. The Morgan fingerprint density at radius 2 is 1.82 bits per heavy atom. The van der Waals surface area contributed by atoms with Gasteiger partial charge in [0.2, 0.25) is 15.9 Å². The third-order valence-corrected chi connectivity index (χ3v) is 7.99. The van der Waals surface area contributed by atoms with Crippen LogP contribution in [0.25, 0.3) is 10.8 Å². The molecule has 33 heavy (non-hydrogen) atoms. The van der Waals surface area contributed by atoms with Crippen LogP contribution in [0.2, 0.25) is 5.02 Å². The van der Waals surface area contributed by atoms with Gasteiger partial charge >= 0.3 is 0 Å². The predicted molar refractivity (Wildman–Crippen MR) is 134 cm³/mol. The summed E-state index contributed by atoms with van der Waals surface area (Å²) in [6, 6.07) is 13.6. The van der Waals surface area contributed by atoms with Gasteiger partial charge in [0, 0.05) is 23.8 Å². The van der Waals surface area contributed by atoms with Crippen molar-refractivity contribution < 1.29 is 13.2 Å². The van der Waals surface area contributed by atoms with Crippen molar-refractivity contribution in [1.82, 2.24) is 10.0 Å². The van der Waals surface area contributed by atoms with Gasteiger partial charge in [-0.2, -0.15) is 4.72 Å². The largest absolute Gasteiger partial charge is 0.312 e. The van der Waals surface area contributed by atoms with Crippen LogP contribution in [0.5, 0.6) is 0 Å². The molecule has 1 saturated heterocycles. The molecule has 174 valence electrons. The van der Waals surface area contributed by atoms with Crippen molar-refractivity contribution in [3.05, 3.63) is 70.2 Å². The number of carbonyl (C=O) groups excluding carboxylic acids is 1. The third-order valence-electron chi connectivity index (χ3n) is 6.28. The van der Waals surface area contributed by atoms with Gasteiger partial charge in [-0.15, -0.1) is 12.4 Å². The molecule has 0 radical (unpaired) electrons. The Morgan fingerprint density at radius 1 is 1.06 bits per heavy atom. The van der Waals surface area contributed by atoms with E-state index in [0.717, 1.165) is 41.5 Å². The Morgan fingerprint density at radius 3 is 2.64 bits per heavy atom. The fraction of sp³-hybridized carbons (Fsp3) is 0.292. The summed E-state index contributed by atoms with van der Waals surface area (Å²) in [6.07, 6.45) is 1.35. The number of halogens is 2. The summed E-state index contributed by atoms with van der Waals surface area (Å²) in [4.78, 5) is 15.0. The van der Waals surface area contributed by atoms with Crippen LogP contribution in [0.15, 0.2) is 53.4 Å². The highest BCUT2D eigenvalue weighted by Gasteiger charge is 2.36. The number of rotatable bonds is 4. The molecule has 3 aromatic rings. The molecule has 1 atom stereocenters. The number of nitrogens with zero attached hydrogens (tertiary/aromatic N) is 1. The van der Waals surface area contributed by atoms with Gasteiger partial charge in [-0.25, -0.2) is 8.42 Å². The van der Waals surface area contributed by atoms with Crippen molar-refractivity contribution in [1.29, 1.82) is 0 Å². The van der Waals surface area contributed by atoms with Gasteiger partial charge in [0.25, 0.3) is 0 Å². The van der Waals surface area contributed by atoms with Crippen LogP contribution in [0, 0.1) is 6.92 Å².